The fourth-order valence-corrected chi connectivity index (χ4v) is 3.75. The second kappa shape index (κ2) is 9.78. The molecule has 3 aromatic rings. The van der Waals surface area contributed by atoms with Crippen molar-refractivity contribution in [2.24, 2.45) is 5.92 Å². The molecule has 152 valence electrons. The van der Waals surface area contributed by atoms with Crippen molar-refractivity contribution in [3.05, 3.63) is 84.5 Å². The first kappa shape index (κ1) is 19.8. The molecule has 1 aliphatic heterocycles. The molecule has 30 heavy (non-hydrogen) atoms. The van der Waals surface area contributed by atoms with Gasteiger partial charge in [-0.25, -0.2) is 9.97 Å². The molecule has 1 atom stereocenters. The number of nitrogens with one attached hydrogen (secondary N) is 1. The first-order valence-corrected chi connectivity index (χ1v) is 10.3. The van der Waals surface area contributed by atoms with Crippen LogP contribution in [0.5, 0.6) is 0 Å². The highest BCUT2D eigenvalue weighted by Crippen LogP contribution is 2.23. The molecular weight excluding hydrogens is 374 g/mol. The molecule has 1 saturated heterocycles. The van der Waals surface area contributed by atoms with Crippen molar-refractivity contribution in [2.45, 2.75) is 19.3 Å². The normalized spacial score (nSPS) is 16.5. The third-order valence-corrected chi connectivity index (χ3v) is 5.20. The summed E-state index contributed by atoms with van der Waals surface area (Å²) in [4.78, 5) is 27.3. The molecule has 6 heteroatoms. The van der Waals surface area contributed by atoms with Gasteiger partial charge in [0.05, 0.1) is 0 Å². The minimum atomic E-state index is 0.0655. The van der Waals surface area contributed by atoms with Crippen LogP contribution in [0.4, 0.5) is 11.6 Å². The number of hydrogen-bond donors (Lipinski definition) is 1. The molecule has 3 aromatic heterocycles. The van der Waals surface area contributed by atoms with E-state index in [0.29, 0.717) is 5.92 Å². The first-order chi connectivity index (χ1) is 14.8. The van der Waals surface area contributed by atoms with E-state index in [2.05, 4.69) is 26.3 Å². The Morgan fingerprint density at radius 1 is 1.10 bits per heavy atom. The molecule has 1 fully saturated rings. The third-order valence-electron chi connectivity index (χ3n) is 5.20. The third kappa shape index (κ3) is 5.50. The van der Waals surface area contributed by atoms with Gasteiger partial charge in [-0.15, -0.1) is 0 Å². The number of piperidine rings is 1. The summed E-state index contributed by atoms with van der Waals surface area (Å²) in [5.74, 6) is 2.07. The number of nitrogens with zero attached hydrogens (tertiary/aromatic N) is 4. The van der Waals surface area contributed by atoms with E-state index in [1.807, 2.05) is 53.6 Å². The molecule has 0 spiro atoms. The number of aromatic nitrogens is 3. The van der Waals surface area contributed by atoms with Crippen LogP contribution < -0.4 is 5.32 Å². The number of likely N-dealkylation sites (tertiary alicyclic amines) is 1. The second-order valence-electron chi connectivity index (χ2n) is 7.51. The zero-order valence-electron chi connectivity index (χ0n) is 16.8. The minimum absolute atomic E-state index is 0.0655. The Morgan fingerprint density at radius 2 is 2.03 bits per heavy atom. The smallest absolute Gasteiger partial charge is 0.246 e. The second-order valence-corrected chi connectivity index (χ2v) is 7.51. The van der Waals surface area contributed by atoms with Gasteiger partial charge in [0.25, 0.3) is 0 Å². The van der Waals surface area contributed by atoms with Crippen LogP contribution in [0.3, 0.4) is 0 Å². The van der Waals surface area contributed by atoms with Crippen LogP contribution >= 0.6 is 0 Å². The fraction of sp³-hybridized carbons (Fsp3) is 0.250. The molecule has 1 N–H and O–H groups in total. The summed E-state index contributed by atoms with van der Waals surface area (Å²) >= 11 is 0. The Morgan fingerprint density at radius 3 is 2.87 bits per heavy atom. The van der Waals surface area contributed by atoms with Crippen LogP contribution in [0.2, 0.25) is 0 Å². The van der Waals surface area contributed by atoms with Crippen LogP contribution in [0.15, 0.2) is 73.3 Å². The lowest BCUT2D eigenvalue weighted by Gasteiger charge is -2.32. The molecule has 6 nitrogen and oxygen atoms in total. The van der Waals surface area contributed by atoms with Gasteiger partial charge in [-0.1, -0.05) is 12.1 Å². The quantitative estimate of drug-likeness (QED) is 0.632. The summed E-state index contributed by atoms with van der Waals surface area (Å²) in [6, 6.07) is 13.7. The number of pyridine rings is 3. The lowest BCUT2D eigenvalue weighted by molar-refractivity contribution is -0.127. The van der Waals surface area contributed by atoms with Gasteiger partial charge in [0.1, 0.15) is 11.6 Å². The highest BCUT2D eigenvalue weighted by molar-refractivity contribution is 5.91. The summed E-state index contributed by atoms with van der Waals surface area (Å²) in [6.07, 6.45) is 13.6. The molecule has 0 bridgehead atoms. The predicted octanol–water partition coefficient (Wildman–Crippen LogP) is 4.11. The topological polar surface area (TPSA) is 71.0 Å². The van der Waals surface area contributed by atoms with Crippen LogP contribution in [0.1, 0.15) is 24.0 Å². The summed E-state index contributed by atoms with van der Waals surface area (Å²) in [5, 5.41) is 3.24. The predicted molar refractivity (Wildman–Crippen MR) is 118 cm³/mol. The number of carbonyl (C=O) groups is 1. The lowest BCUT2D eigenvalue weighted by atomic mass is 9.91. The van der Waals surface area contributed by atoms with E-state index in [1.165, 1.54) is 5.56 Å². The van der Waals surface area contributed by atoms with Gasteiger partial charge >= 0.3 is 0 Å². The number of amides is 1. The maximum absolute atomic E-state index is 12.6. The molecule has 4 heterocycles. The molecule has 4 rings (SSSR count). The molecule has 1 amide bonds. The summed E-state index contributed by atoms with van der Waals surface area (Å²) in [6.45, 7) is 1.59. The number of anilines is 2. The van der Waals surface area contributed by atoms with E-state index >= 15 is 0 Å². The number of hydrogen-bond acceptors (Lipinski definition) is 5. The van der Waals surface area contributed by atoms with Crippen LogP contribution in [-0.4, -0.2) is 38.8 Å². The zero-order valence-corrected chi connectivity index (χ0v) is 16.8. The molecule has 0 unspecified atom stereocenters. The van der Waals surface area contributed by atoms with Gasteiger partial charge in [-0.3, -0.25) is 9.78 Å². The largest absolute Gasteiger partial charge is 0.339 e. The Kier molecular flexibility index (Phi) is 6.44. The summed E-state index contributed by atoms with van der Waals surface area (Å²) in [5.41, 5.74) is 2.15. The SMILES string of the molecule is O=C(/C=C/c1cccnc1)N1CCC[C@H](Cc2ccnc(Nc3ccccn3)c2)C1. The molecule has 0 aliphatic carbocycles. The molecule has 1 aliphatic rings. The van der Waals surface area contributed by atoms with Crippen LogP contribution in [0, 0.1) is 5.92 Å². The van der Waals surface area contributed by atoms with Crippen molar-refractivity contribution in [1.29, 1.82) is 0 Å². The maximum Gasteiger partial charge on any atom is 0.246 e. The summed E-state index contributed by atoms with van der Waals surface area (Å²) in [7, 11) is 0. The average Bonchev–Trinajstić information content (AvgIpc) is 2.79. The minimum Gasteiger partial charge on any atom is -0.339 e. The van der Waals surface area contributed by atoms with Gasteiger partial charge in [0.2, 0.25) is 5.91 Å². The Balaban J connectivity index is 1.35. The standard InChI is InChI=1S/C24H25N5O/c30-24(9-8-19-5-3-11-25-17-19)29-14-4-6-21(18-29)15-20-10-13-27-23(16-20)28-22-7-1-2-12-26-22/h1-3,5,7-13,16-17,21H,4,6,14-15,18H2,(H,26,27,28)/b9-8+/t21-/m1/s1. The first-order valence-electron chi connectivity index (χ1n) is 10.3. The highest BCUT2D eigenvalue weighted by Gasteiger charge is 2.22. The van der Waals surface area contributed by atoms with E-state index in [-0.39, 0.29) is 5.91 Å². The zero-order chi connectivity index (χ0) is 20.6. The summed E-state index contributed by atoms with van der Waals surface area (Å²) < 4.78 is 0. The number of carbonyl (C=O) groups excluding carboxylic acids is 1. The highest BCUT2D eigenvalue weighted by atomic mass is 16.2. The van der Waals surface area contributed by atoms with E-state index < -0.39 is 0 Å². The van der Waals surface area contributed by atoms with Gasteiger partial charge < -0.3 is 10.2 Å². The van der Waals surface area contributed by atoms with Crippen LogP contribution in [-0.2, 0) is 11.2 Å². The molecular formula is C24H25N5O. The Labute approximate surface area is 176 Å². The van der Waals surface area contributed by atoms with Gasteiger partial charge in [0.15, 0.2) is 0 Å². The van der Waals surface area contributed by atoms with Crippen LogP contribution in [0.25, 0.3) is 6.08 Å². The molecule has 0 saturated carbocycles. The van der Waals surface area contributed by atoms with Crippen molar-refractivity contribution in [3.63, 3.8) is 0 Å². The monoisotopic (exact) mass is 399 g/mol. The van der Waals surface area contributed by atoms with Crippen molar-refractivity contribution < 1.29 is 4.79 Å². The van der Waals surface area contributed by atoms with Crippen molar-refractivity contribution in [1.82, 2.24) is 19.9 Å². The lowest BCUT2D eigenvalue weighted by Crippen LogP contribution is -2.39. The maximum atomic E-state index is 12.6. The van der Waals surface area contributed by atoms with E-state index in [1.54, 1.807) is 24.7 Å². The van der Waals surface area contributed by atoms with Crippen molar-refractivity contribution in [3.8, 4) is 0 Å². The van der Waals surface area contributed by atoms with E-state index in [4.69, 9.17) is 0 Å². The van der Waals surface area contributed by atoms with Crippen molar-refractivity contribution >= 4 is 23.6 Å². The average molecular weight is 399 g/mol. The van der Waals surface area contributed by atoms with Gasteiger partial charge in [0, 0.05) is 44.0 Å². The fourth-order valence-electron chi connectivity index (χ4n) is 3.75. The Bertz CT molecular complexity index is 991. The molecule has 0 aromatic carbocycles. The molecule has 0 radical (unpaired) electrons. The van der Waals surface area contributed by atoms with Gasteiger partial charge in [-0.2, -0.15) is 0 Å². The Hall–Kier alpha value is -3.54. The van der Waals surface area contributed by atoms with E-state index in [0.717, 1.165) is 49.6 Å². The van der Waals surface area contributed by atoms with E-state index in [9.17, 15) is 4.79 Å². The number of rotatable bonds is 6. The van der Waals surface area contributed by atoms with Gasteiger partial charge in [-0.05, 0) is 72.7 Å². The van der Waals surface area contributed by atoms with Crippen molar-refractivity contribution in [2.75, 3.05) is 18.4 Å².